The number of pyridine rings is 1. The van der Waals surface area contributed by atoms with Crippen LogP contribution in [0, 0.1) is 0 Å². The molecule has 0 radical (unpaired) electrons. The Kier molecular flexibility index (Phi) is 5.03. The number of carbonyl (C=O) groups is 1. The minimum Gasteiger partial charge on any atom is -0.467 e. The van der Waals surface area contributed by atoms with Gasteiger partial charge in [0.2, 0.25) is 0 Å². The van der Waals surface area contributed by atoms with Crippen molar-refractivity contribution in [2.24, 2.45) is 0 Å². The fraction of sp³-hybridized carbons (Fsp3) is 0.250. The van der Waals surface area contributed by atoms with E-state index in [1.807, 2.05) is 0 Å². The summed E-state index contributed by atoms with van der Waals surface area (Å²) in [6.07, 6.45) is 1.75. The van der Waals surface area contributed by atoms with E-state index in [1.54, 1.807) is 18.3 Å². The van der Waals surface area contributed by atoms with Crippen LogP contribution in [0.15, 0.2) is 24.5 Å². The topological polar surface area (TPSA) is 59.4 Å². The maximum Gasteiger partial charge on any atom is 0.339 e. The summed E-state index contributed by atoms with van der Waals surface area (Å²) in [6, 6.07) is 3.25. The SMILES string of the molecule is COC(=O)C(O)c1cccnc1.Cl. The summed E-state index contributed by atoms with van der Waals surface area (Å²) in [5.41, 5.74) is 0.435. The Morgan fingerprint density at radius 2 is 2.38 bits per heavy atom. The minimum atomic E-state index is -1.23. The van der Waals surface area contributed by atoms with Gasteiger partial charge in [-0.15, -0.1) is 12.4 Å². The van der Waals surface area contributed by atoms with Gasteiger partial charge in [0.25, 0.3) is 0 Å². The average molecular weight is 204 g/mol. The number of ether oxygens (including phenoxy) is 1. The second-order valence-corrected chi connectivity index (χ2v) is 2.21. The summed E-state index contributed by atoms with van der Waals surface area (Å²) < 4.78 is 4.35. The summed E-state index contributed by atoms with van der Waals surface area (Å²) in [5, 5.41) is 9.27. The van der Waals surface area contributed by atoms with E-state index in [0.29, 0.717) is 5.56 Å². The van der Waals surface area contributed by atoms with Gasteiger partial charge in [-0.05, 0) is 6.07 Å². The average Bonchev–Trinajstić information content (AvgIpc) is 2.17. The summed E-state index contributed by atoms with van der Waals surface area (Å²) >= 11 is 0. The number of rotatable bonds is 2. The van der Waals surface area contributed by atoms with Crippen LogP contribution in [0.25, 0.3) is 0 Å². The van der Waals surface area contributed by atoms with E-state index in [1.165, 1.54) is 13.3 Å². The predicted octanol–water partition coefficient (Wildman–Crippen LogP) is 0.710. The fourth-order valence-electron chi connectivity index (χ4n) is 0.785. The van der Waals surface area contributed by atoms with Gasteiger partial charge in [-0.25, -0.2) is 4.79 Å². The normalized spacial score (nSPS) is 11.2. The molecule has 1 rings (SSSR count). The van der Waals surface area contributed by atoms with Crippen LogP contribution in [0.1, 0.15) is 11.7 Å². The molecule has 5 heteroatoms. The largest absolute Gasteiger partial charge is 0.467 e. The quantitative estimate of drug-likeness (QED) is 0.720. The second-order valence-electron chi connectivity index (χ2n) is 2.21. The molecule has 0 aliphatic heterocycles. The highest BCUT2D eigenvalue weighted by atomic mass is 35.5. The number of esters is 1. The van der Waals surface area contributed by atoms with Crippen LogP contribution >= 0.6 is 12.4 Å². The van der Waals surface area contributed by atoms with Gasteiger partial charge in [0.15, 0.2) is 6.10 Å². The molecule has 1 aromatic rings. The number of methoxy groups -OCH3 is 1. The first-order valence-corrected chi connectivity index (χ1v) is 3.41. The van der Waals surface area contributed by atoms with E-state index in [4.69, 9.17) is 0 Å². The van der Waals surface area contributed by atoms with Gasteiger partial charge in [0.05, 0.1) is 7.11 Å². The van der Waals surface area contributed by atoms with Crippen molar-refractivity contribution in [2.45, 2.75) is 6.10 Å². The summed E-state index contributed by atoms with van der Waals surface area (Å²) in [4.78, 5) is 14.6. The number of carbonyl (C=O) groups excluding carboxylic acids is 1. The number of nitrogens with zero attached hydrogens (tertiary/aromatic N) is 1. The second kappa shape index (κ2) is 5.50. The highest BCUT2D eigenvalue weighted by Crippen LogP contribution is 2.11. The standard InChI is InChI=1S/C8H9NO3.ClH/c1-12-8(11)7(10)6-3-2-4-9-5-6;/h2-5,7,10H,1H3;1H. The smallest absolute Gasteiger partial charge is 0.339 e. The molecule has 1 atom stereocenters. The molecular formula is C8H10ClNO3. The molecule has 72 valence electrons. The number of aromatic nitrogens is 1. The molecule has 0 spiro atoms. The number of aliphatic hydroxyl groups is 1. The molecular weight excluding hydrogens is 194 g/mol. The van der Waals surface area contributed by atoms with Crippen LogP contribution in [-0.4, -0.2) is 23.2 Å². The zero-order valence-electron chi connectivity index (χ0n) is 7.01. The van der Waals surface area contributed by atoms with Crippen LogP contribution in [0.3, 0.4) is 0 Å². The fourth-order valence-corrected chi connectivity index (χ4v) is 0.785. The lowest BCUT2D eigenvalue weighted by Gasteiger charge is -2.06. The Morgan fingerprint density at radius 3 is 2.85 bits per heavy atom. The van der Waals surface area contributed by atoms with Gasteiger partial charge in [-0.3, -0.25) is 4.98 Å². The molecule has 1 heterocycles. The highest BCUT2D eigenvalue weighted by molar-refractivity contribution is 5.85. The monoisotopic (exact) mass is 203 g/mol. The summed E-state index contributed by atoms with van der Waals surface area (Å²) in [7, 11) is 1.22. The van der Waals surface area contributed by atoms with Gasteiger partial charge in [-0.1, -0.05) is 6.07 Å². The van der Waals surface area contributed by atoms with E-state index in [0.717, 1.165) is 0 Å². The van der Waals surface area contributed by atoms with Crippen molar-refractivity contribution in [1.82, 2.24) is 4.98 Å². The molecule has 1 aromatic heterocycles. The van der Waals surface area contributed by atoms with Crippen molar-refractivity contribution in [3.05, 3.63) is 30.1 Å². The van der Waals surface area contributed by atoms with E-state index in [2.05, 4.69) is 9.72 Å². The first-order valence-electron chi connectivity index (χ1n) is 3.41. The minimum absolute atomic E-state index is 0. The predicted molar refractivity (Wildman–Crippen MR) is 48.5 cm³/mol. The maximum atomic E-state index is 10.8. The van der Waals surface area contributed by atoms with E-state index in [-0.39, 0.29) is 12.4 Å². The van der Waals surface area contributed by atoms with Gasteiger partial charge < -0.3 is 9.84 Å². The van der Waals surface area contributed by atoms with Crippen molar-refractivity contribution in [1.29, 1.82) is 0 Å². The van der Waals surface area contributed by atoms with Crippen molar-refractivity contribution in [2.75, 3.05) is 7.11 Å². The van der Waals surface area contributed by atoms with Crippen molar-refractivity contribution in [3.63, 3.8) is 0 Å². The van der Waals surface area contributed by atoms with Crippen molar-refractivity contribution >= 4 is 18.4 Å². The van der Waals surface area contributed by atoms with Gasteiger partial charge in [0, 0.05) is 18.0 Å². The molecule has 0 aromatic carbocycles. The molecule has 1 unspecified atom stereocenters. The molecule has 0 aliphatic rings. The number of hydrogen-bond acceptors (Lipinski definition) is 4. The molecule has 13 heavy (non-hydrogen) atoms. The zero-order valence-corrected chi connectivity index (χ0v) is 7.82. The van der Waals surface area contributed by atoms with Crippen LogP contribution in [0.5, 0.6) is 0 Å². The first-order chi connectivity index (χ1) is 5.75. The molecule has 0 fully saturated rings. The Bertz CT molecular complexity index is 265. The lowest BCUT2D eigenvalue weighted by molar-refractivity contribution is -0.150. The third-order valence-corrected chi connectivity index (χ3v) is 1.42. The van der Waals surface area contributed by atoms with Crippen LogP contribution in [-0.2, 0) is 9.53 Å². The maximum absolute atomic E-state index is 10.8. The summed E-state index contributed by atoms with van der Waals surface area (Å²) in [5.74, 6) is -0.678. The highest BCUT2D eigenvalue weighted by Gasteiger charge is 2.16. The number of halogens is 1. The molecule has 0 saturated heterocycles. The zero-order chi connectivity index (χ0) is 8.97. The molecule has 0 bridgehead atoms. The molecule has 0 aliphatic carbocycles. The molecule has 4 nitrogen and oxygen atoms in total. The van der Waals surface area contributed by atoms with Gasteiger partial charge in [-0.2, -0.15) is 0 Å². The Morgan fingerprint density at radius 1 is 1.69 bits per heavy atom. The van der Waals surface area contributed by atoms with Gasteiger partial charge >= 0.3 is 5.97 Å². The lowest BCUT2D eigenvalue weighted by atomic mass is 10.2. The number of hydrogen-bond donors (Lipinski definition) is 1. The Labute approximate surface area is 82.0 Å². The van der Waals surface area contributed by atoms with Crippen LogP contribution in [0.4, 0.5) is 0 Å². The Hall–Kier alpha value is -1.13. The van der Waals surface area contributed by atoms with E-state index >= 15 is 0 Å². The van der Waals surface area contributed by atoms with E-state index < -0.39 is 12.1 Å². The van der Waals surface area contributed by atoms with Crippen molar-refractivity contribution < 1.29 is 14.6 Å². The molecule has 0 saturated carbocycles. The summed E-state index contributed by atoms with van der Waals surface area (Å²) in [6.45, 7) is 0. The molecule has 0 amide bonds. The van der Waals surface area contributed by atoms with Crippen LogP contribution < -0.4 is 0 Å². The Balaban J connectivity index is 0.00000144. The van der Waals surface area contributed by atoms with Crippen molar-refractivity contribution in [3.8, 4) is 0 Å². The molecule has 1 N–H and O–H groups in total. The number of aliphatic hydroxyl groups excluding tert-OH is 1. The van der Waals surface area contributed by atoms with Gasteiger partial charge in [0.1, 0.15) is 0 Å². The third-order valence-electron chi connectivity index (χ3n) is 1.42. The van der Waals surface area contributed by atoms with E-state index in [9.17, 15) is 9.90 Å². The first kappa shape index (κ1) is 11.9. The third kappa shape index (κ3) is 3.01. The lowest BCUT2D eigenvalue weighted by Crippen LogP contribution is -2.13. The van der Waals surface area contributed by atoms with Crippen LogP contribution in [0.2, 0.25) is 0 Å².